The van der Waals surface area contributed by atoms with Crippen LogP contribution >= 0.6 is 0 Å². The Morgan fingerprint density at radius 1 is 1.00 bits per heavy atom. The number of rotatable bonds is 6. The molecule has 3 heteroatoms. The molecule has 2 aromatic carbocycles. The molecule has 0 fully saturated rings. The Morgan fingerprint density at radius 3 is 2.32 bits per heavy atom. The molecule has 0 radical (unpaired) electrons. The van der Waals surface area contributed by atoms with Gasteiger partial charge >= 0.3 is 0 Å². The molecule has 0 aliphatic rings. The van der Waals surface area contributed by atoms with Crippen LogP contribution in [0.2, 0.25) is 0 Å². The molecule has 0 saturated heterocycles. The summed E-state index contributed by atoms with van der Waals surface area (Å²) in [6, 6.07) is 16.6. The SMILES string of the molecule is OCC[C@@H](NCc1ccc(F)cc1)c1ccccc1. The lowest BCUT2D eigenvalue weighted by Crippen LogP contribution is -2.21. The quantitative estimate of drug-likeness (QED) is 0.835. The second-order valence-corrected chi connectivity index (χ2v) is 4.48. The Morgan fingerprint density at radius 2 is 1.68 bits per heavy atom. The van der Waals surface area contributed by atoms with Crippen LogP contribution in [0, 0.1) is 5.82 Å². The van der Waals surface area contributed by atoms with E-state index < -0.39 is 0 Å². The molecule has 2 nitrogen and oxygen atoms in total. The Kier molecular flexibility index (Phi) is 5.07. The van der Waals surface area contributed by atoms with E-state index in [1.807, 2.05) is 30.3 Å². The summed E-state index contributed by atoms with van der Waals surface area (Å²) in [4.78, 5) is 0. The molecule has 2 aromatic rings. The summed E-state index contributed by atoms with van der Waals surface area (Å²) in [6.45, 7) is 0.788. The summed E-state index contributed by atoms with van der Waals surface area (Å²) >= 11 is 0. The third-order valence-corrected chi connectivity index (χ3v) is 3.09. The average molecular weight is 259 g/mol. The molecule has 0 heterocycles. The molecule has 1 atom stereocenters. The van der Waals surface area contributed by atoms with Gasteiger partial charge in [-0.25, -0.2) is 4.39 Å². The van der Waals surface area contributed by atoms with Gasteiger partial charge in [0.25, 0.3) is 0 Å². The van der Waals surface area contributed by atoms with Gasteiger partial charge in [-0.1, -0.05) is 42.5 Å². The molecule has 0 amide bonds. The Labute approximate surface area is 112 Å². The van der Waals surface area contributed by atoms with Gasteiger partial charge in [-0.2, -0.15) is 0 Å². The first-order chi connectivity index (χ1) is 9.29. The van der Waals surface area contributed by atoms with Gasteiger partial charge in [0.05, 0.1) is 0 Å². The number of hydrogen-bond donors (Lipinski definition) is 2. The molecule has 0 spiro atoms. The highest BCUT2D eigenvalue weighted by Gasteiger charge is 2.09. The van der Waals surface area contributed by atoms with Crippen molar-refractivity contribution >= 4 is 0 Å². The van der Waals surface area contributed by atoms with Crippen molar-refractivity contribution in [3.63, 3.8) is 0 Å². The summed E-state index contributed by atoms with van der Waals surface area (Å²) in [5.74, 6) is -0.223. The van der Waals surface area contributed by atoms with Crippen LogP contribution in [0.15, 0.2) is 54.6 Å². The van der Waals surface area contributed by atoms with Crippen LogP contribution in [0.1, 0.15) is 23.6 Å². The van der Waals surface area contributed by atoms with E-state index in [9.17, 15) is 4.39 Å². The van der Waals surface area contributed by atoms with Crippen molar-refractivity contribution in [1.29, 1.82) is 0 Å². The standard InChI is InChI=1S/C16H18FNO/c17-15-8-6-13(7-9-15)12-18-16(10-11-19)14-4-2-1-3-5-14/h1-9,16,18-19H,10-12H2/t16-/m1/s1. The average Bonchev–Trinajstić information content (AvgIpc) is 2.46. The topological polar surface area (TPSA) is 32.3 Å². The van der Waals surface area contributed by atoms with Crippen molar-refractivity contribution in [2.24, 2.45) is 0 Å². The second kappa shape index (κ2) is 7.02. The van der Waals surface area contributed by atoms with Crippen LogP contribution in [0.3, 0.4) is 0 Å². The molecule has 2 N–H and O–H groups in total. The Hall–Kier alpha value is -1.71. The summed E-state index contributed by atoms with van der Waals surface area (Å²) in [6.07, 6.45) is 0.658. The van der Waals surface area contributed by atoms with Gasteiger partial charge in [-0.3, -0.25) is 0 Å². The molecule has 19 heavy (non-hydrogen) atoms. The minimum absolute atomic E-state index is 0.108. The second-order valence-electron chi connectivity index (χ2n) is 4.48. The lowest BCUT2D eigenvalue weighted by Gasteiger charge is -2.18. The molecular formula is C16H18FNO. The number of benzene rings is 2. The smallest absolute Gasteiger partial charge is 0.123 e. The number of aliphatic hydroxyl groups is 1. The third kappa shape index (κ3) is 4.16. The van der Waals surface area contributed by atoms with Gasteiger partial charge in [0.2, 0.25) is 0 Å². The lowest BCUT2D eigenvalue weighted by molar-refractivity contribution is 0.265. The lowest BCUT2D eigenvalue weighted by atomic mass is 10.0. The highest BCUT2D eigenvalue weighted by molar-refractivity contribution is 5.20. The fourth-order valence-corrected chi connectivity index (χ4v) is 2.04. The molecule has 0 bridgehead atoms. The first-order valence-electron chi connectivity index (χ1n) is 6.43. The molecule has 100 valence electrons. The molecule has 2 rings (SSSR count). The monoisotopic (exact) mass is 259 g/mol. The summed E-state index contributed by atoms with van der Waals surface area (Å²) in [5, 5.41) is 12.5. The third-order valence-electron chi connectivity index (χ3n) is 3.09. The predicted molar refractivity (Wildman–Crippen MR) is 74.1 cm³/mol. The van der Waals surface area contributed by atoms with E-state index in [2.05, 4.69) is 5.32 Å². The summed E-state index contributed by atoms with van der Waals surface area (Å²) in [7, 11) is 0. The molecule has 0 unspecified atom stereocenters. The number of aliphatic hydroxyl groups excluding tert-OH is 1. The predicted octanol–water partition coefficient (Wildman–Crippen LogP) is 3.04. The normalized spacial score (nSPS) is 12.3. The van der Waals surface area contributed by atoms with Crippen LogP contribution < -0.4 is 5.32 Å². The van der Waals surface area contributed by atoms with Crippen LogP contribution in [0.5, 0.6) is 0 Å². The highest BCUT2D eigenvalue weighted by atomic mass is 19.1. The fraction of sp³-hybridized carbons (Fsp3) is 0.250. The van der Waals surface area contributed by atoms with Crippen LogP contribution in [0.4, 0.5) is 4.39 Å². The maximum atomic E-state index is 12.8. The van der Waals surface area contributed by atoms with Gasteiger partial charge in [-0.05, 0) is 29.7 Å². The first-order valence-corrected chi connectivity index (χ1v) is 6.43. The van der Waals surface area contributed by atoms with Crippen LogP contribution in [-0.2, 0) is 6.54 Å². The number of nitrogens with one attached hydrogen (secondary N) is 1. The molecule has 0 aliphatic carbocycles. The Balaban J connectivity index is 1.99. The highest BCUT2D eigenvalue weighted by Crippen LogP contribution is 2.16. The van der Waals surface area contributed by atoms with Crippen molar-refractivity contribution in [2.75, 3.05) is 6.61 Å². The molecular weight excluding hydrogens is 241 g/mol. The first kappa shape index (κ1) is 13.7. The van der Waals surface area contributed by atoms with Crippen molar-refractivity contribution < 1.29 is 9.50 Å². The molecule has 0 aromatic heterocycles. The van der Waals surface area contributed by atoms with E-state index in [0.717, 1.165) is 11.1 Å². The van der Waals surface area contributed by atoms with Crippen LogP contribution in [0.25, 0.3) is 0 Å². The maximum absolute atomic E-state index is 12.8. The molecule has 0 aliphatic heterocycles. The Bertz CT molecular complexity index is 484. The van der Waals surface area contributed by atoms with E-state index in [1.54, 1.807) is 12.1 Å². The van der Waals surface area contributed by atoms with Crippen molar-refractivity contribution in [2.45, 2.75) is 19.0 Å². The van der Waals surface area contributed by atoms with E-state index in [-0.39, 0.29) is 18.5 Å². The van der Waals surface area contributed by atoms with Gasteiger partial charge in [-0.15, -0.1) is 0 Å². The van der Waals surface area contributed by atoms with Crippen molar-refractivity contribution in [3.8, 4) is 0 Å². The van der Waals surface area contributed by atoms with Gasteiger partial charge in [0.15, 0.2) is 0 Å². The zero-order chi connectivity index (χ0) is 13.5. The van der Waals surface area contributed by atoms with E-state index in [0.29, 0.717) is 13.0 Å². The zero-order valence-electron chi connectivity index (χ0n) is 10.7. The summed E-state index contributed by atoms with van der Waals surface area (Å²) < 4.78 is 12.8. The van der Waals surface area contributed by atoms with E-state index >= 15 is 0 Å². The number of halogens is 1. The fourth-order valence-electron chi connectivity index (χ4n) is 2.04. The zero-order valence-corrected chi connectivity index (χ0v) is 10.7. The number of hydrogen-bond acceptors (Lipinski definition) is 2. The van der Waals surface area contributed by atoms with Gasteiger partial charge < -0.3 is 10.4 Å². The van der Waals surface area contributed by atoms with Crippen molar-refractivity contribution in [1.82, 2.24) is 5.32 Å². The van der Waals surface area contributed by atoms with Crippen LogP contribution in [-0.4, -0.2) is 11.7 Å². The molecule has 0 saturated carbocycles. The van der Waals surface area contributed by atoms with Crippen molar-refractivity contribution in [3.05, 3.63) is 71.5 Å². The van der Waals surface area contributed by atoms with E-state index in [1.165, 1.54) is 12.1 Å². The minimum Gasteiger partial charge on any atom is -0.396 e. The van der Waals surface area contributed by atoms with E-state index in [4.69, 9.17) is 5.11 Å². The van der Waals surface area contributed by atoms with Gasteiger partial charge in [0, 0.05) is 19.2 Å². The minimum atomic E-state index is -0.223. The van der Waals surface area contributed by atoms with Gasteiger partial charge in [0.1, 0.15) is 5.82 Å². The maximum Gasteiger partial charge on any atom is 0.123 e. The largest absolute Gasteiger partial charge is 0.396 e. The summed E-state index contributed by atoms with van der Waals surface area (Å²) in [5.41, 5.74) is 2.18.